The lowest BCUT2D eigenvalue weighted by Gasteiger charge is -2.17. The summed E-state index contributed by atoms with van der Waals surface area (Å²) >= 11 is 1.56. The average Bonchev–Trinajstić information content (AvgIpc) is 2.66. The lowest BCUT2D eigenvalue weighted by atomic mass is 10.0. The second kappa shape index (κ2) is 5.35. The third-order valence-corrected chi connectivity index (χ3v) is 4.19. The predicted molar refractivity (Wildman–Crippen MR) is 71.0 cm³/mol. The zero-order chi connectivity index (χ0) is 14.2. The van der Waals surface area contributed by atoms with Gasteiger partial charge >= 0.3 is 0 Å². The van der Waals surface area contributed by atoms with Crippen LogP contribution in [-0.2, 0) is 0 Å². The molecule has 0 aliphatic rings. The van der Waals surface area contributed by atoms with Gasteiger partial charge in [0.15, 0.2) is 17.5 Å². The fourth-order valence-electron chi connectivity index (χ4n) is 2.14. The molecule has 19 heavy (non-hydrogen) atoms. The van der Waals surface area contributed by atoms with E-state index >= 15 is 0 Å². The summed E-state index contributed by atoms with van der Waals surface area (Å²) in [5.41, 5.74) is 1.43. The Balaban J connectivity index is 2.51. The van der Waals surface area contributed by atoms with E-state index in [1.807, 2.05) is 19.9 Å². The Morgan fingerprint density at radius 2 is 1.63 bits per heavy atom. The van der Waals surface area contributed by atoms with E-state index in [0.29, 0.717) is 5.56 Å². The molecule has 1 N–H and O–H groups in total. The van der Waals surface area contributed by atoms with Gasteiger partial charge in [-0.15, -0.1) is 11.3 Å². The van der Waals surface area contributed by atoms with Gasteiger partial charge in [-0.1, -0.05) is 0 Å². The van der Waals surface area contributed by atoms with Crippen LogP contribution in [0.5, 0.6) is 0 Å². The molecule has 0 bridgehead atoms. The van der Waals surface area contributed by atoms with Crippen molar-refractivity contribution in [3.63, 3.8) is 0 Å². The molecule has 0 aliphatic heterocycles. The first-order valence-electron chi connectivity index (χ1n) is 5.82. The maximum absolute atomic E-state index is 13.3. The monoisotopic (exact) mass is 285 g/mol. The molecule has 1 aromatic carbocycles. The first kappa shape index (κ1) is 14.1. The number of hydrogen-bond donors (Lipinski definition) is 1. The van der Waals surface area contributed by atoms with Crippen LogP contribution in [0.15, 0.2) is 18.2 Å². The van der Waals surface area contributed by atoms with Crippen molar-refractivity contribution >= 4 is 11.3 Å². The zero-order valence-corrected chi connectivity index (χ0v) is 11.7. The van der Waals surface area contributed by atoms with E-state index in [9.17, 15) is 13.2 Å². The third-order valence-electron chi connectivity index (χ3n) is 2.97. The molecular formula is C14H14F3NS. The standard InChI is InChI=1S/C14H14F3NS/c1-7-4-8(2)19-14(7)13(18-3)9-5-10(15)12(17)11(16)6-9/h4-6,13,18H,1-3H3. The van der Waals surface area contributed by atoms with Gasteiger partial charge in [-0.05, 0) is 50.2 Å². The molecule has 5 heteroatoms. The van der Waals surface area contributed by atoms with Crippen LogP contribution in [0.4, 0.5) is 13.2 Å². The lowest BCUT2D eigenvalue weighted by molar-refractivity contribution is 0.443. The Morgan fingerprint density at radius 1 is 1.05 bits per heavy atom. The van der Waals surface area contributed by atoms with Gasteiger partial charge in [-0.3, -0.25) is 0 Å². The molecule has 0 aliphatic carbocycles. The highest BCUT2D eigenvalue weighted by Crippen LogP contribution is 2.32. The van der Waals surface area contributed by atoms with Gasteiger partial charge in [0.2, 0.25) is 0 Å². The van der Waals surface area contributed by atoms with Gasteiger partial charge in [0, 0.05) is 9.75 Å². The van der Waals surface area contributed by atoms with Gasteiger partial charge in [-0.25, -0.2) is 13.2 Å². The van der Waals surface area contributed by atoms with Gasteiger partial charge in [0.25, 0.3) is 0 Å². The van der Waals surface area contributed by atoms with Crippen LogP contribution in [0, 0.1) is 31.3 Å². The van der Waals surface area contributed by atoms with Gasteiger partial charge in [0.05, 0.1) is 6.04 Å². The zero-order valence-electron chi connectivity index (χ0n) is 10.9. The van der Waals surface area contributed by atoms with Gasteiger partial charge in [-0.2, -0.15) is 0 Å². The minimum absolute atomic E-state index is 0.344. The Labute approximate surface area is 114 Å². The summed E-state index contributed by atoms with van der Waals surface area (Å²) in [5.74, 6) is -3.76. The molecule has 0 saturated heterocycles. The van der Waals surface area contributed by atoms with Crippen molar-refractivity contribution in [1.82, 2.24) is 5.32 Å². The second-order valence-electron chi connectivity index (χ2n) is 4.42. The number of nitrogens with one attached hydrogen (secondary N) is 1. The Morgan fingerprint density at radius 3 is 2.05 bits per heavy atom. The summed E-state index contributed by atoms with van der Waals surface area (Å²) in [5, 5.41) is 3.02. The Hall–Kier alpha value is -1.33. The Kier molecular flexibility index (Phi) is 3.96. The first-order valence-corrected chi connectivity index (χ1v) is 6.64. The molecule has 2 aromatic rings. The normalized spacial score (nSPS) is 12.7. The van der Waals surface area contributed by atoms with Crippen LogP contribution >= 0.6 is 11.3 Å². The van der Waals surface area contributed by atoms with E-state index < -0.39 is 17.5 Å². The molecule has 0 radical (unpaired) electrons. The molecule has 1 unspecified atom stereocenters. The van der Waals surface area contributed by atoms with Crippen LogP contribution in [-0.4, -0.2) is 7.05 Å². The number of hydrogen-bond acceptors (Lipinski definition) is 2. The summed E-state index contributed by atoms with van der Waals surface area (Å²) in [6, 6.07) is 3.74. The summed E-state index contributed by atoms with van der Waals surface area (Å²) in [4.78, 5) is 2.10. The lowest BCUT2D eigenvalue weighted by Crippen LogP contribution is -2.18. The highest BCUT2D eigenvalue weighted by atomic mass is 32.1. The van der Waals surface area contributed by atoms with E-state index in [0.717, 1.165) is 27.5 Å². The Bertz CT molecular complexity index is 584. The number of halogens is 3. The van der Waals surface area contributed by atoms with Crippen molar-refractivity contribution in [2.24, 2.45) is 0 Å². The molecule has 2 rings (SSSR count). The van der Waals surface area contributed by atoms with Crippen molar-refractivity contribution in [3.8, 4) is 0 Å². The van der Waals surface area contributed by atoms with Crippen molar-refractivity contribution in [1.29, 1.82) is 0 Å². The minimum atomic E-state index is -1.43. The smallest absolute Gasteiger partial charge is 0.194 e. The topological polar surface area (TPSA) is 12.0 Å². The largest absolute Gasteiger partial charge is 0.309 e. The van der Waals surface area contributed by atoms with E-state index in [-0.39, 0.29) is 6.04 Å². The van der Waals surface area contributed by atoms with Crippen LogP contribution in [0.1, 0.15) is 26.9 Å². The summed E-state index contributed by atoms with van der Waals surface area (Å²) in [6.07, 6.45) is 0. The third kappa shape index (κ3) is 2.67. The summed E-state index contributed by atoms with van der Waals surface area (Å²) < 4.78 is 39.6. The maximum atomic E-state index is 13.3. The van der Waals surface area contributed by atoms with Crippen LogP contribution in [0.2, 0.25) is 0 Å². The van der Waals surface area contributed by atoms with E-state index in [4.69, 9.17) is 0 Å². The van der Waals surface area contributed by atoms with Gasteiger partial charge in [0.1, 0.15) is 0 Å². The quantitative estimate of drug-likeness (QED) is 0.838. The fourth-order valence-corrected chi connectivity index (χ4v) is 3.31. The van der Waals surface area contributed by atoms with Crippen molar-refractivity contribution < 1.29 is 13.2 Å². The van der Waals surface area contributed by atoms with Crippen LogP contribution in [0.3, 0.4) is 0 Å². The summed E-state index contributed by atoms with van der Waals surface area (Å²) in [7, 11) is 1.71. The van der Waals surface area contributed by atoms with Crippen molar-refractivity contribution in [2.45, 2.75) is 19.9 Å². The molecule has 1 heterocycles. The minimum Gasteiger partial charge on any atom is -0.309 e. The number of benzene rings is 1. The summed E-state index contributed by atoms with van der Waals surface area (Å²) in [6.45, 7) is 3.92. The fraction of sp³-hybridized carbons (Fsp3) is 0.286. The van der Waals surface area contributed by atoms with Gasteiger partial charge < -0.3 is 5.32 Å². The number of rotatable bonds is 3. The van der Waals surface area contributed by atoms with E-state index in [1.165, 1.54) is 0 Å². The highest BCUT2D eigenvalue weighted by Gasteiger charge is 2.20. The van der Waals surface area contributed by atoms with Crippen LogP contribution in [0.25, 0.3) is 0 Å². The van der Waals surface area contributed by atoms with E-state index in [1.54, 1.807) is 18.4 Å². The molecule has 0 spiro atoms. The molecule has 1 aromatic heterocycles. The van der Waals surface area contributed by atoms with Crippen molar-refractivity contribution in [3.05, 3.63) is 56.5 Å². The molecular weight excluding hydrogens is 271 g/mol. The molecule has 0 amide bonds. The molecule has 0 fully saturated rings. The highest BCUT2D eigenvalue weighted by molar-refractivity contribution is 7.12. The van der Waals surface area contributed by atoms with E-state index in [2.05, 4.69) is 5.32 Å². The second-order valence-corrected chi connectivity index (χ2v) is 5.71. The SMILES string of the molecule is CNC(c1cc(F)c(F)c(F)c1)c1sc(C)cc1C. The first-order chi connectivity index (χ1) is 8.93. The van der Waals surface area contributed by atoms with Crippen molar-refractivity contribution in [2.75, 3.05) is 7.05 Å². The number of aryl methyl sites for hydroxylation is 2. The maximum Gasteiger partial charge on any atom is 0.194 e. The number of thiophene rings is 1. The predicted octanol–water partition coefficient (Wildman–Crippen LogP) is 4.09. The molecule has 1 atom stereocenters. The van der Waals surface area contributed by atoms with Crippen LogP contribution < -0.4 is 5.32 Å². The average molecular weight is 285 g/mol. The molecule has 0 saturated carbocycles. The molecule has 1 nitrogen and oxygen atoms in total. The molecule has 102 valence electrons.